The number of hydrogen-bond acceptors (Lipinski definition) is 4. The summed E-state index contributed by atoms with van der Waals surface area (Å²) in [7, 11) is 3.24. The number of hydroxylamine groups is 2. The Morgan fingerprint density at radius 1 is 1.59 bits per heavy atom. The second-order valence-corrected chi connectivity index (χ2v) is 5.14. The summed E-state index contributed by atoms with van der Waals surface area (Å²) in [6, 6.07) is -0.475. The van der Waals surface area contributed by atoms with Crippen LogP contribution in [-0.4, -0.2) is 59.9 Å². The van der Waals surface area contributed by atoms with Gasteiger partial charge in [0.2, 0.25) is 5.90 Å². The molecule has 2 amide bonds. The quantitative estimate of drug-likeness (QED) is 0.416. The van der Waals surface area contributed by atoms with Gasteiger partial charge in [-0.15, -0.1) is 0 Å². The Morgan fingerprint density at radius 3 is 2.82 bits per heavy atom. The Labute approximate surface area is 99.8 Å². The third kappa shape index (κ3) is 1.30. The first-order valence-corrected chi connectivity index (χ1v) is 5.92. The summed E-state index contributed by atoms with van der Waals surface area (Å²) in [5.74, 6) is 0.582. The number of carbonyl (C=O) groups is 1. The molecule has 6 nitrogen and oxygen atoms in total. The normalized spacial score (nSPS) is 34.5. The van der Waals surface area contributed by atoms with Crippen LogP contribution in [0.3, 0.4) is 0 Å². The Morgan fingerprint density at radius 2 is 2.29 bits per heavy atom. The second-order valence-electron chi connectivity index (χ2n) is 5.14. The molecule has 1 saturated carbocycles. The van der Waals surface area contributed by atoms with Crippen LogP contribution in [0.1, 0.15) is 19.3 Å². The lowest BCUT2D eigenvalue weighted by molar-refractivity contribution is -0.0776. The van der Waals surface area contributed by atoms with Crippen molar-refractivity contribution in [2.24, 2.45) is 10.4 Å². The maximum absolute atomic E-state index is 11.9. The Bertz CT molecular complexity index is 391. The summed E-state index contributed by atoms with van der Waals surface area (Å²) in [6.45, 7) is 0.586. The van der Waals surface area contributed by atoms with Gasteiger partial charge < -0.3 is 9.64 Å². The van der Waals surface area contributed by atoms with Gasteiger partial charge >= 0.3 is 6.03 Å². The van der Waals surface area contributed by atoms with Crippen molar-refractivity contribution in [1.29, 1.82) is 0 Å². The van der Waals surface area contributed by atoms with Gasteiger partial charge in [0.25, 0.3) is 0 Å². The van der Waals surface area contributed by atoms with Crippen molar-refractivity contribution in [3.8, 4) is 0 Å². The highest BCUT2D eigenvalue weighted by molar-refractivity contribution is 5.88. The molecule has 94 valence electrons. The second kappa shape index (κ2) is 3.35. The molecule has 0 aromatic heterocycles. The number of urea groups is 1. The van der Waals surface area contributed by atoms with Gasteiger partial charge in [0.15, 0.2) is 0 Å². The van der Waals surface area contributed by atoms with Gasteiger partial charge in [-0.2, -0.15) is 0 Å². The molecule has 0 unspecified atom stereocenters. The van der Waals surface area contributed by atoms with Crippen molar-refractivity contribution in [2.45, 2.75) is 31.3 Å². The molecular weight excluding hydrogens is 222 g/mol. The lowest BCUT2D eigenvalue weighted by Crippen LogP contribution is -2.49. The average molecular weight is 239 g/mol. The molecule has 2 saturated heterocycles. The van der Waals surface area contributed by atoms with Crippen LogP contribution in [0.4, 0.5) is 4.79 Å². The smallest absolute Gasteiger partial charge is 0.344 e. The minimum atomic E-state index is -0.318. The van der Waals surface area contributed by atoms with E-state index in [-0.39, 0.29) is 23.5 Å². The molecule has 2 bridgehead atoms. The third-order valence-electron chi connectivity index (χ3n) is 4.40. The summed E-state index contributed by atoms with van der Waals surface area (Å²) in [5, 5.41) is 10.8. The number of ether oxygens (including phenoxy) is 1. The monoisotopic (exact) mass is 239 g/mol. The first-order chi connectivity index (χ1) is 8.13. The summed E-state index contributed by atoms with van der Waals surface area (Å²) in [5.41, 5.74) is 0.0938. The first kappa shape index (κ1) is 10.8. The van der Waals surface area contributed by atoms with Crippen molar-refractivity contribution in [3.63, 3.8) is 0 Å². The highest BCUT2D eigenvalue weighted by Gasteiger charge is 2.63. The van der Waals surface area contributed by atoms with E-state index in [1.54, 1.807) is 19.1 Å². The molecule has 0 aromatic rings. The van der Waals surface area contributed by atoms with E-state index in [0.29, 0.717) is 12.4 Å². The maximum Gasteiger partial charge on any atom is 0.344 e. The topological polar surface area (TPSA) is 65.4 Å². The van der Waals surface area contributed by atoms with Crippen molar-refractivity contribution in [1.82, 2.24) is 9.96 Å². The number of methoxy groups -OCH3 is 1. The van der Waals surface area contributed by atoms with E-state index in [9.17, 15) is 10.0 Å². The van der Waals surface area contributed by atoms with Crippen molar-refractivity contribution in [2.75, 3.05) is 20.7 Å². The number of nitrogens with zero attached hydrogens (tertiary/aromatic N) is 3. The van der Waals surface area contributed by atoms with Crippen LogP contribution in [0.15, 0.2) is 4.99 Å². The van der Waals surface area contributed by atoms with Gasteiger partial charge in [0.05, 0.1) is 13.2 Å². The van der Waals surface area contributed by atoms with Crippen LogP contribution in [0, 0.1) is 5.41 Å². The van der Waals surface area contributed by atoms with Gasteiger partial charge in [-0.1, -0.05) is 0 Å². The molecule has 0 radical (unpaired) electrons. The van der Waals surface area contributed by atoms with Gasteiger partial charge in [0, 0.05) is 13.6 Å². The predicted octanol–water partition coefficient (Wildman–Crippen LogP) is 0.709. The van der Waals surface area contributed by atoms with E-state index in [0.717, 1.165) is 24.3 Å². The molecule has 3 aliphatic rings. The molecule has 6 heteroatoms. The summed E-state index contributed by atoms with van der Waals surface area (Å²) in [6.07, 6.45) is 3.00. The molecular formula is C11H17N3O3. The number of fused-ring (bicyclic) bond motifs is 3. The number of hydrogen-bond donors (Lipinski definition) is 1. The summed E-state index contributed by atoms with van der Waals surface area (Å²) >= 11 is 0. The van der Waals surface area contributed by atoms with Gasteiger partial charge in [-0.3, -0.25) is 10.2 Å². The number of aliphatic imine (C=N–C) groups is 1. The minimum absolute atomic E-state index is 0.0405. The first-order valence-electron chi connectivity index (χ1n) is 5.92. The Kier molecular flexibility index (Phi) is 2.13. The molecule has 1 N–H and O–H groups in total. The standard InChI is InChI=1S/C11H17N3O3/c1-12-9(17-2)7-5-11(3-4-11)8-6-13(7)10(15)14(8)16/h7-8,16H,3-6H2,1-2H3/t7-,8+/m0/s1. The van der Waals surface area contributed by atoms with Crippen LogP contribution in [-0.2, 0) is 4.74 Å². The zero-order valence-corrected chi connectivity index (χ0v) is 10.1. The lowest BCUT2D eigenvalue weighted by Gasteiger charge is -2.36. The Hall–Kier alpha value is -1.30. The fourth-order valence-electron chi connectivity index (χ4n) is 3.25. The zero-order chi connectivity index (χ0) is 12.2. The largest absolute Gasteiger partial charge is 0.483 e. The predicted molar refractivity (Wildman–Crippen MR) is 60.0 cm³/mol. The molecule has 2 aliphatic heterocycles. The van der Waals surface area contributed by atoms with E-state index in [2.05, 4.69) is 4.99 Å². The van der Waals surface area contributed by atoms with Gasteiger partial charge in [-0.05, 0) is 24.7 Å². The number of rotatable bonds is 1. The Balaban J connectivity index is 1.94. The molecule has 3 fully saturated rings. The molecule has 1 aliphatic carbocycles. The van der Waals surface area contributed by atoms with E-state index in [1.807, 2.05) is 0 Å². The molecule has 2 heterocycles. The van der Waals surface area contributed by atoms with Crippen LogP contribution in [0.2, 0.25) is 0 Å². The maximum atomic E-state index is 11.9. The van der Waals surface area contributed by atoms with E-state index >= 15 is 0 Å². The lowest BCUT2D eigenvalue weighted by atomic mass is 9.85. The fourth-order valence-corrected chi connectivity index (χ4v) is 3.25. The summed E-state index contributed by atoms with van der Waals surface area (Å²) < 4.78 is 5.25. The van der Waals surface area contributed by atoms with Gasteiger partial charge in [0.1, 0.15) is 6.04 Å². The molecule has 3 rings (SSSR count). The number of carbonyl (C=O) groups excluding carboxylic acids is 1. The summed E-state index contributed by atoms with van der Waals surface area (Å²) in [4.78, 5) is 17.7. The number of piperidine rings is 1. The minimum Gasteiger partial charge on any atom is -0.483 e. The highest BCUT2D eigenvalue weighted by atomic mass is 16.5. The van der Waals surface area contributed by atoms with E-state index < -0.39 is 0 Å². The fraction of sp³-hybridized carbons (Fsp3) is 0.818. The van der Waals surface area contributed by atoms with Gasteiger partial charge in [-0.25, -0.2) is 9.86 Å². The van der Waals surface area contributed by atoms with Crippen molar-refractivity contribution >= 4 is 11.9 Å². The molecule has 2 atom stereocenters. The molecule has 1 spiro atoms. The van der Waals surface area contributed by atoms with Crippen LogP contribution >= 0.6 is 0 Å². The SMILES string of the molecule is CN=C(OC)[C@@H]1CC2(CC2)[C@H]2CN1C(=O)N2O. The third-order valence-corrected chi connectivity index (χ3v) is 4.40. The average Bonchev–Trinajstić information content (AvgIpc) is 3.04. The molecule has 17 heavy (non-hydrogen) atoms. The van der Waals surface area contributed by atoms with E-state index in [1.165, 1.54) is 0 Å². The zero-order valence-electron chi connectivity index (χ0n) is 10.1. The molecule has 0 aromatic carbocycles. The number of amides is 2. The van der Waals surface area contributed by atoms with Crippen molar-refractivity contribution < 1.29 is 14.7 Å². The van der Waals surface area contributed by atoms with Crippen LogP contribution < -0.4 is 0 Å². The van der Waals surface area contributed by atoms with Crippen LogP contribution in [0.25, 0.3) is 0 Å². The van der Waals surface area contributed by atoms with Crippen molar-refractivity contribution in [3.05, 3.63) is 0 Å². The van der Waals surface area contributed by atoms with Crippen LogP contribution in [0.5, 0.6) is 0 Å². The van der Waals surface area contributed by atoms with E-state index in [4.69, 9.17) is 4.74 Å². The highest BCUT2D eigenvalue weighted by Crippen LogP contribution is 2.58.